The number of halogens is 1. The maximum atomic E-state index is 10.5. The fourth-order valence-corrected chi connectivity index (χ4v) is 1.42. The van der Waals surface area contributed by atoms with Crippen molar-refractivity contribution < 1.29 is 9.63 Å². The zero-order chi connectivity index (χ0) is 11.1. The first-order chi connectivity index (χ1) is 7.18. The molecule has 1 amide bonds. The van der Waals surface area contributed by atoms with Gasteiger partial charge in [-0.15, -0.1) is 0 Å². The fourth-order valence-electron chi connectivity index (χ4n) is 1.15. The topological polar surface area (TPSA) is 38.3 Å². The van der Waals surface area contributed by atoms with Crippen LogP contribution in [0.15, 0.2) is 28.7 Å². The number of aryl methyl sites for hydroxylation is 1. The van der Waals surface area contributed by atoms with Crippen LogP contribution in [-0.2, 0) is 16.1 Å². The van der Waals surface area contributed by atoms with Crippen LogP contribution in [0.25, 0.3) is 0 Å². The number of rotatable bonds is 5. The Balaban J connectivity index is 2.15. The lowest BCUT2D eigenvalue weighted by Crippen LogP contribution is -2.20. The molecule has 4 heteroatoms. The summed E-state index contributed by atoms with van der Waals surface area (Å²) in [6.45, 7) is 1.96. The maximum Gasteiger partial charge on any atom is 0.240 e. The minimum absolute atomic E-state index is 0.168. The van der Waals surface area contributed by atoms with E-state index in [9.17, 15) is 4.79 Å². The highest BCUT2D eigenvalue weighted by atomic mass is 79.9. The average molecular weight is 272 g/mol. The summed E-state index contributed by atoms with van der Waals surface area (Å²) in [5, 5.41) is 0. The number of hydroxylamine groups is 1. The van der Waals surface area contributed by atoms with Crippen LogP contribution in [0.2, 0.25) is 0 Å². The molecule has 0 atom stereocenters. The Bertz CT molecular complexity index is 311. The highest BCUT2D eigenvalue weighted by molar-refractivity contribution is 9.10. The molecule has 1 aromatic carbocycles. The maximum absolute atomic E-state index is 10.5. The van der Waals surface area contributed by atoms with E-state index in [1.807, 2.05) is 12.1 Å². The Morgan fingerprint density at radius 3 is 2.67 bits per heavy atom. The van der Waals surface area contributed by atoms with E-state index >= 15 is 0 Å². The predicted molar refractivity (Wildman–Crippen MR) is 62.2 cm³/mol. The Labute approximate surface area is 97.9 Å². The molecule has 0 heterocycles. The number of amides is 1. The molecule has 0 saturated carbocycles. The van der Waals surface area contributed by atoms with Crippen molar-refractivity contribution in [2.75, 3.05) is 6.61 Å². The Morgan fingerprint density at radius 1 is 1.40 bits per heavy atom. The molecule has 0 spiro atoms. The third-order valence-electron chi connectivity index (χ3n) is 1.84. The first-order valence-electron chi connectivity index (χ1n) is 4.81. The normalized spacial score (nSPS) is 10.0. The van der Waals surface area contributed by atoms with E-state index in [0.29, 0.717) is 6.61 Å². The monoisotopic (exact) mass is 271 g/mol. The van der Waals surface area contributed by atoms with Crippen molar-refractivity contribution >= 4 is 21.8 Å². The second-order valence-electron chi connectivity index (χ2n) is 3.24. The van der Waals surface area contributed by atoms with E-state index in [0.717, 1.165) is 17.3 Å². The van der Waals surface area contributed by atoms with Crippen molar-refractivity contribution in [1.82, 2.24) is 5.48 Å². The van der Waals surface area contributed by atoms with E-state index in [4.69, 9.17) is 4.84 Å². The van der Waals surface area contributed by atoms with Crippen molar-refractivity contribution in [1.29, 1.82) is 0 Å². The van der Waals surface area contributed by atoms with Gasteiger partial charge in [0.2, 0.25) is 5.91 Å². The number of hydrogen-bond donors (Lipinski definition) is 1. The first-order valence-corrected chi connectivity index (χ1v) is 5.60. The summed E-state index contributed by atoms with van der Waals surface area (Å²) in [5.74, 6) is -0.168. The summed E-state index contributed by atoms with van der Waals surface area (Å²) in [6.07, 6.45) is 1.84. The van der Waals surface area contributed by atoms with E-state index < -0.39 is 0 Å². The lowest BCUT2D eigenvalue weighted by atomic mass is 10.1. The van der Waals surface area contributed by atoms with Gasteiger partial charge in [-0.05, 0) is 30.5 Å². The molecule has 15 heavy (non-hydrogen) atoms. The molecule has 0 aliphatic heterocycles. The van der Waals surface area contributed by atoms with Gasteiger partial charge in [-0.25, -0.2) is 5.48 Å². The van der Waals surface area contributed by atoms with Crippen molar-refractivity contribution in [3.63, 3.8) is 0 Å². The fraction of sp³-hybridized carbons (Fsp3) is 0.364. The molecule has 0 radical (unpaired) electrons. The van der Waals surface area contributed by atoms with Crippen LogP contribution in [0.5, 0.6) is 0 Å². The smallest absolute Gasteiger partial charge is 0.240 e. The SMILES string of the molecule is CC(=O)NOCCCc1ccc(Br)cc1. The second kappa shape index (κ2) is 6.58. The van der Waals surface area contributed by atoms with Gasteiger partial charge in [0.05, 0.1) is 6.61 Å². The molecule has 0 aliphatic carbocycles. The van der Waals surface area contributed by atoms with Crippen LogP contribution in [0, 0.1) is 0 Å². The minimum Gasteiger partial charge on any atom is -0.274 e. The lowest BCUT2D eigenvalue weighted by Gasteiger charge is -2.03. The van der Waals surface area contributed by atoms with Gasteiger partial charge in [-0.1, -0.05) is 28.1 Å². The van der Waals surface area contributed by atoms with Gasteiger partial charge < -0.3 is 0 Å². The number of carbonyl (C=O) groups excluding carboxylic acids is 1. The molecular weight excluding hydrogens is 258 g/mol. The third-order valence-corrected chi connectivity index (χ3v) is 2.37. The Kier molecular flexibility index (Phi) is 5.36. The molecule has 0 aromatic heterocycles. The van der Waals surface area contributed by atoms with E-state index in [-0.39, 0.29) is 5.91 Å². The standard InChI is InChI=1S/C11H14BrNO2/c1-9(14)13-15-8-2-3-10-4-6-11(12)7-5-10/h4-7H,2-3,8H2,1H3,(H,13,14). The van der Waals surface area contributed by atoms with Crippen molar-refractivity contribution in [2.45, 2.75) is 19.8 Å². The number of nitrogens with one attached hydrogen (secondary N) is 1. The summed E-state index contributed by atoms with van der Waals surface area (Å²) in [5.41, 5.74) is 3.56. The minimum atomic E-state index is -0.168. The Hall–Kier alpha value is -0.870. The molecule has 0 aliphatic rings. The quantitative estimate of drug-likeness (QED) is 0.660. The highest BCUT2D eigenvalue weighted by Crippen LogP contribution is 2.11. The van der Waals surface area contributed by atoms with Gasteiger partial charge in [0.15, 0.2) is 0 Å². The lowest BCUT2D eigenvalue weighted by molar-refractivity contribution is -0.131. The van der Waals surface area contributed by atoms with Gasteiger partial charge in [0.1, 0.15) is 0 Å². The summed E-state index contributed by atoms with van der Waals surface area (Å²) in [7, 11) is 0. The number of benzene rings is 1. The number of carbonyl (C=O) groups is 1. The molecule has 1 rings (SSSR count). The molecule has 1 aromatic rings. The highest BCUT2D eigenvalue weighted by Gasteiger charge is 1.94. The molecular formula is C11H14BrNO2. The van der Waals surface area contributed by atoms with Crippen molar-refractivity contribution in [3.8, 4) is 0 Å². The summed E-state index contributed by atoms with van der Waals surface area (Å²) in [6, 6.07) is 8.18. The van der Waals surface area contributed by atoms with E-state index in [1.54, 1.807) is 0 Å². The third kappa shape index (κ3) is 5.54. The number of hydrogen-bond acceptors (Lipinski definition) is 2. The average Bonchev–Trinajstić information content (AvgIpc) is 2.20. The van der Waals surface area contributed by atoms with Crippen LogP contribution >= 0.6 is 15.9 Å². The zero-order valence-electron chi connectivity index (χ0n) is 8.63. The van der Waals surface area contributed by atoms with Gasteiger partial charge in [0.25, 0.3) is 0 Å². The molecule has 0 unspecified atom stereocenters. The van der Waals surface area contributed by atoms with Crippen LogP contribution in [0.4, 0.5) is 0 Å². The van der Waals surface area contributed by atoms with Crippen LogP contribution in [-0.4, -0.2) is 12.5 Å². The van der Waals surface area contributed by atoms with Crippen molar-refractivity contribution in [3.05, 3.63) is 34.3 Å². The van der Waals surface area contributed by atoms with Gasteiger partial charge in [0, 0.05) is 11.4 Å². The van der Waals surface area contributed by atoms with Crippen LogP contribution in [0.3, 0.4) is 0 Å². The molecule has 0 bridgehead atoms. The van der Waals surface area contributed by atoms with Crippen molar-refractivity contribution in [2.24, 2.45) is 0 Å². The van der Waals surface area contributed by atoms with Crippen LogP contribution in [0.1, 0.15) is 18.9 Å². The van der Waals surface area contributed by atoms with Crippen LogP contribution < -0.4 is 5.48 Å². The largest absolute Gasteiger partial charge is 0.274 e. The van der Waals surface area contributed by atoms with Gasteiger partial charge in [-0.2, -0.15) is 0 Å². The summed E-state index contributed by atoms with van der Waals surface area (Å²) >= 11 is 3.38. The Morgan fingerprint density at radius 2 is 2.07 bits per heavy atom. The van der Waals surface area contributed by atoms with E-state index in [2.05, 4.69) is 33.5 Å². The van der Waals surface area contributed by atoms with Gasteiger partial charge in [-0.3, -0.25) is 9.63 Å². The molecule has 82 valence electrons. The van der Waals surface area contributed by atoms with E-state index in [1.165, 1.54) is 12.5 Å². The zero-order valence-corrected chi connectivity index (χ0v) is 10.2. The molecule has 1 N–H and O–H groups in total. The summed E-state index contributed by atoms with van der Waals surface area (Å²) < 4.78 is 1.08. The predicted octanol–water partition coefficient (Wildman–Crippen LogP) is 2.45. The second-order valence-corrected chi connectivity index (χ2v) is 4.15. The molecule has 0 fully saturated rings. The first kappa shape index (κ1) is 12.2. The molecule has 0 saturated heterocycles. The summed E-state index contributed by atoms with van der Waals surface area (Å²) in [4.78, 5) is 15.4. The van der Waals surface area contributed by atoms with Gasteiger partial charge >= 0.3 is 0 Å². The molecule has 3 nitrogen and oxygen atoms in total.